The van der Waals surface area contributed by atoms with Crippen LogP contribution in [0.25, 0.3) is 0 Å². The van der Waals surface area contributed by atoms with Crippen LogP contribution in [-0.2, 0) is 4.84 Å². The van der Waals surface area contributed by atoms with Crippen LogP contribution in [0.5, 0.6) is 0 Å². The van der Waals surface area contributed by atoms with Crippen molar-refractivity contribution in [2.45, 2.75) is 135 Å². The Bertz CT molecular complexity index is 285. The van der Waals surface area contributed by atoms with Gasteiger partial charge in [0.05, 0.1) is 6.61 Å². The standard InChI is InChI=1S/C22H45NO3/c1-2-3-4-5-6-7-8-9-10-11-12-13-14-15-16-17-18-19-20-21-22-26-23(24)25/h2-22H2,1H3. The number of hydrogen-bond donors (Lipinski definition) is 0. The second-order valence-corrected chi connectivity index (χ2v) is 7.77. The summed E-state index contributed by atoms with van der Waals surface area (Å²) in [7, 11) is 0. The van der Waals surface area contributed by atoms with Crippen LogP contribution in [0.1, 0.15) is 135 Å². The van der Waals surface area contributed by atoms with E-state index in [4.69, 9.17) is 0 Å². The summed E-state index contributed by atoms with van der Waals surface area (Å²) in [4.78, 5) is 14.3. The van der Waals surface area contributed by atoms with Crippen molar-refractivity contribution in [3.8, 4) is 0 Å². The quantitative estimate of drug-likeness (QED) is 0.110. The fourth-order valence-corrected chi connectivity index (χ4v) is 3.50. The van der Waals surface area contributed by atoms with E-state index in [9.17, 15) is 10.1 Å². The lowest BCUT2D eigenvalue weighted by Gasteiger charge is -2.04. The van der Waals surface area contributed by atoms with Crippen LogP contribution in [0, 0.1) is 10.1 Å². The molecule has 0 heterocycles. The molecule has 0 saturated carbocycles. The van der Waals surface area contributed by atoms with Gasteiger partial charge in [0.2, 0.25) is 0 Å². The Hall–Kier alpha value is -0.800. The minimum absolute atomic E-state index is 0.256. The van der Waals surface area contributed by atoms with Crippen molar-refractivity contribution in [2.75, 3.05) is 6.61 Å². The molecule has 0 radical (unpaired) electrons. The number of hydrogen-bond acceptors (Lipinski definition) is 3. The molecular formula is C22H45NO3. The number of unbranched alkanes of at least 4 members (excludes halogenated alkanes) is 19. The van der Waals surface area contributed by atoms with Gasteiger partial charge < -0.3 is 4.84 Å². The van der Waals surface area contributed by atoms with E-state index < -0.39 is 5.09 Å². The molecule has 0 fully saturated rings. The molecular weight excluding hydrogens is 326 g/mol. The average Bonchev–Trinajstić information content (AvgIpc) is 2.62. The van der Waals surface area contributed by atoms with Gasteiger partial charge in [-0.1, -0.05) is 129 Å². The van der Waals surface area contributed by atoms with E-state index in [0.29, 0.717) is 0 Å². The lowest BCUT2D eigenvalue weighted by Crippen LogP contribution is -2.01. The van der Waals surface area contributed by atoms with Gasteiger partial charge in [-0.15, -0.1) is 10.1 Å². The van der Waals surface area contributed by atoms with Gasteiger partial charge in [-0.05, 0) is 6.42 Å². The molecule has 0 N–H and O–H groups in total. The van der Waals surface area contributed by atoms with Crippen LogP contribution in [0.15, 0.2) is 0 Å². The van der Waals surface area contributed by atoms with E-state index >= 15 is 0 Å². The second kappa shape index (κ2) is 22.2. The first-order valence-electron chi connectivity index (χ1n) is 11.5. The summed E-state index contributed by atoms with van der Waals surface area (Å²) in [6.07, 6.45) is 26.9. The van der Waals surface area contributed by atoms with Gasteiger partial charge in [0.1, 0.15) is 0 Å². The third-order valence-corrected chi connectivity index (χ3v) is 5.19. The minimum atomic E-state index is -0.699. The van der Waals surface area contributed by atoms with E-state index in [-0.39, 0.29) is 6.61 Å². The summed E-state index contributed by atoms with van der Waals surface area (Å²) in [5, 5.41) is 9.28. The predicted octanol–water partition coefficient (Wildman–Crippen LogP) is 8.02. The predicted molar refractivity (Wildman–Crippen MR) is 111 cm³/mol. The van der Waals surface area contributed by atoms with Crippen LogP contribution in [0.2, 0.25) is 0 Å². The molecule has 4 nitrogen and oxygen atoms in total. The third-order valence-electron chi connectivity index (χ3n) is 5.19. The van der Waals surface area contributed by atoms with E-state index in [1.807, 2.05) is 0 Å². The zero-order chi connectivity index (χ0) is 19.1. The van der Waals surface area contributed by atoms with Gasteiger partial charge in [-0.25, -0.2) is 0 Å². The van der Waals surface area contributed by atoms with E-state index in [1.165, 1.54) is 116 Å². The fourth-order valence-electron chi connectivity index (χ4n) is 3.50. The molecule has 0 rings (SSSR count). The maximum absolute atomic E-state index is 9.98. The highest BCUT2D eigenvalue weighted by Gasteiger charge is 1.96. The monoisotopic (exact) mass is 371 g/mol. The Morgan fingerprint density at radius 1 is 0.538 bits per heavy atom. The van der Waals surface area contributed by atoms with Crippen molar-refractivity contribution < 1.29 is 9.92 Å². The van der Waals surface area contributed by atoms with Crippen molar-refractivity contribution in [1.82, 2.24) is 0 Å². The Morgan fingerprint density at radius 2 is 0.808 bits per heavy atom. The first kappa shape index (κ1) is 25.2. The Kier molecular flexibility index (Phi) is 21.6. The highest BCUT2D eigenvalue weighted by Crippen LogP contribution is 2.14. The Labute approximate surface area is 162 Å². The van der Waals surface area contributed by atoms with Crippen LogP contribution >= 0.6 is 0 Å². The molecule has 0 aromatic carbocycles. The van der Waals surface area contributed by atoms with Crippen molar-refractivity contribution in [1.29, 1.82) is 0 Å². The highest BCUT2D eigenvalue weighted by atomic mass is 16.9. The molecule has 0 amide bonds. The van der Waals surface area contributed by atoms with Gasteiger partial charge >= 0.3 is 0 Å². The van der Waals surface area contributed by atoms with Crippen molar-refractivity contribution in [3.63, 3.8) is 0 Å². The lowest BCUT2D eigenvalue weighted by atomic mass is 10.0. The maximum Gasteiger partial charge on any atom is 0.294 e. The summed E-state index contributed by atoms with van der Waals surface area (Å²) in [6, 6.07) is 0. The molecule has 156 valence electrons. The SMILES string of the molecule is CCCCCCCCCCCCCCCCCCCCCCO[N+](=O)[O-]. The molecule has 0 unspecified atom stereocenters. The topological polar surface area (TPSA) is 52.4 Å². The van der Waals surface area contributed by atoms with Crippen molar-refractivity contribution in [3.05, 3.63) is 10.1 Å². The molecule has 0 spiro atoms. The van der Waals surface area contributed by atoms with Crippen LogP contribution < -0.4 is 0 Å². The molecule has 0 bridgehead atoms. The molecule has 0 atom stereocenters. The molecule has 0 aromatic rings. The van der Waals surface area contributed by atoms with Crippen molar-refractivity contribution in [2.24, 2.45) is 0 Å². The first-order chi connectivity index (χ1) is 12.8. The minimum Gasteiger partial charge on any atom is -0.314 e. The second-order valence-electron chi connectivity index (χ2n) is 7.77. The van der Waals surface area contributed by atoms with Crippen LogP contribution in [-0.4, -0.2) is 11.7 Å². The van der Waals surface area contributed by atoms with Gasteiger partial charge in [-0.2, -0.15) is 0 Å². The zero-order valence-electron chi connectivity index (χ0n) is 17.5. The van der Waals surface area contributed by atoms with Gasteiger partial charge in [0.15, 0.2) is 0 Å². The smallest absolute Gasteiger partial charge is 0.294 e. The molecule has 0 aromatic heterocycles. The lowest BCUT2D eigenvalue weighted by molar-refractivity contribution is -0.757. The summed E-state index contributed by atoms with van der Waals surface area (Å²) in [5.41, 5.74) is 0. The summed E-state index contributed by atoms with van der Waals surface area (Å²) in [5.74, 6) is 0. The zero-order valence-corrected chi connectivity index (χ0v) is 17.5. The van der Waals surface area contributed by atoms with E-state index in [1.54, 1.807) is 0 Å². The summed E-state index contributed by atoms with van der Waals surface area (Å²) in [6.45, 7) is 2.54. The van der Waals surface area contributed by atoms with Gasteiger partial charge in [-0.3, -0.25) is 0 Å². The normalized spacial score (nSPS) is 11.0. The summed E-state index contributed by atoms with van der Waals surface area (Å²) >= 11 is 0. The molecule has 0 aliphatic carbocycles. The maximum atomic E-state index is 9.98. The molecule has 0 aliphatic rings. The Morgan fingerprint density at radius 3 is 1.08 bits per heavy atom. The van der Waals surface area contributed by atoms with Gasteiger partial charge in [0.25, 0.3) is 5.09 Å². The van der Waals surface area contributed by atoms with Crippen LogP contribution in [0.4, 0.5) is 0 Å². The van der Waals surface area contributed by atoms with Gasteiger partial charge in [0, 0.05) is 0 Å². The van der Waals surface area contributed by atoms with Crippen molar-refractivity contribution >= 4 is 0 Å². The fraction of sp³-hybridized carbons (Fsp3) is 1.00. The number of rotatable bonds is 22. The molecule has 0 aliphatic heterocycles. The van der Waals surface area contributed by atoms with Crippen LogP contribution in [0.3, 0.4) is 0 Å². The molecule has 0 saturated heterocycles. The molecule has 26 heavy (non-hydrogen) atoms. The number of nitrogens with zero attached hydrogens (tertiary/aromatic N) is 1. The first-order valence-corrected chi connectivity index (χ1v) is 11.5. The summed E-state index contributed by atoms with van der Waals surface area (Å²) < 4.78 is 0. The largest absolute Gasteiger partial charge is 0.314 e. The molecule has 4 heteroatoms. The Balaban J connectivity index is 2.98. The van der Waals surface area contributed by atoms with E-state index in [2.05, 4.69) is 11.8 Å². The highest BCUT2D eigenvalue weighted by molar-refractivity contribution is 4.50. The van der Waals surface area contributed by atoms with E-state index in [0.717, 1.165) is 12.8 Å². The third kappa shape index (κ3) is 23.2. The average molecular weight is 372 g/mol.